The molecule has 3 unspecified atom stereocenters. The zero-order valence-electron chi connectivity index (χ0n) is 57.5. The highest BCUT2D eigenvalue weighted by atomic mass is 16.7. The number of ether oxygens (including phenoxy) is 11. The fourth-order valence-corrected chi connectivity index (χ4v) is 13.0. The molecule has 0 aliphatic carbocycles. The molecule has 14 N–H and O–H groups in total. The average molecular weight is 1480 g/mol. The summed E-state index contributed by atoms with van der Waals surface area (Å²) in [5.41, 5.74) is 5.86. The number of nitrogens with two attached hydrogens (primary N) is 1. The van der Waals surface area contributed by atoms with E-state index in [9.17, 15) is 89.4 Å². The van der Waals surface area contributed by atoms with Crippen LogP contribution < -0.4 is 54.6 Å². The number of hydrogen-bond acceptors (Lipinski definition) is 28. The first kappa shape index (κ1) is 77.9. The Morgan fingerprint density at radius 2 is 1.03 bits per heavy atom. The van der Waals surface area contributed by atoms with Crippen LogP contribution in [0.5, 0.6) is 34.5 Å². The number of carbonyl (C=O) groups is 8. The number of benzene rings is 4. The van der Waals surface area contributed by atoms with Gasteiger partial charge in [0, 0.05) is 45.4 Å². The van der Waals surface area contributed by atoms with Crippen molar-refractivity contribution in [1.29, 1.82) is 0 Å². The van der Waals surface area contributed by atoms with Crippen molar-refractivity contribution in [3.63, 3.8) is 0 Å². The molecule has 36 heteroatoms. The predicted octanol–water partition coefficient (Wildman–Crippen LogP) is -0.0996. The normalized spacial score (nSPS) is 26.2. The minimum absolute atomic E-state index is 0.0100. The predicted molar refractivity (Wildman–Crippen MR) is 358 cm³/mol. The van der Waals surface area contributed by atoms with E-state index in [1.54, 1.807) is 0 Å². The van der Waals surface area contributed by atoms with E-state index in [0.717, 1.165) is 9.80 Å². The SMILES string of the molecule is C=C1C[C@H]2C(O)N(C(=O)OCc3ccc(O[C@@H]4O[C@H](C(=O)O)[C@@H](O)[C@H](O)[C@H]4O)c(C(=O)NCCCN)c3)c3cc(OCCCCCOc4cc5c(cc4OC)C(=O)N4CC(C)C[C@H]4C(O)N5C(=O)OCc4ccc(O[C@@H]5O[C@H](C(=O)O)[C@@H](O)[C@H](O)[C@H]5O)c(C(=O)NCCOC)c4)c(OC)cc3C(=O)N2C1. The van der Waals surface area contributed by atoms with Gasteiger partial charge in [0.05, 0.1) is 79.8 Å². The zero-order chi connectivity index (χ0) is 75.8. The summed E-state index contributed by atoms with van der Waals surface area (Å²) in [6.07, 6.45) is -23.5. The molecule has 4 aromatic rings. The van der Waals surface area contributed by atoms with Crippen molar-refractivity contribution in [3.8, 4) is 34.5 Å². The first-order valence-electron chi connectivity index (χ1n) is 33.7. The summed E-state index contributed by atoms with van der Waals surface area (Å²) in [4.78, 5) is 114. The number of amides is 6. The summed E-state index contributed by atoms with van der Waals surface area (Å²) in [7, 11) is 4.11. The number of aliphatic hydroxyl groups is 8. The molecule has 0 radical (unpaired) electrons. The molecule has 6 aliphatic heterocycles. The Bertz CT molecular complexity index is 3900. The fourth-order valence-electron chi connectivity index (χ4n) is 13.0. The average Bonchev–Trinajstić information content (AvgIpc) is 1.47. The van der Waals surface area contributed by atoms with Crippen molar-refractivity contribution in [3.05, 3.63) is 106 Å². The number of carbonyl (C=O) groups excluding carboxylic acids is 6. The largest absolute Gasteiger partial charge is 0.493 e. The van der Waals surface area contributed by atoms with E-state index in [0.29, 0.717) is 37.7 Å². The van der Waals surface area contributed by atoms with E-state index < -0.39 is 147 Å². The summed E-state index contributed by atoms with van der Waals surface area (Å²) < 4.78 is 62.7. The lowest BCUT2D eigenvalue weighted by atomic mass is 9.99. The number of anilines is 2. The van der Waals surface area contributed by atoms with E-state index >= 15 is 0 Å². The summed E-state index contributed by atoms with van der Waals surface area (Å²) >= 11 is 0. The Balaban J connectivity index is 0.823. The molecule has 4 aromatic carbocycles. The van der Waals surface area contributed by atoms with Crippen LogP contribution in [0.1, 0.15) is 98.0 Å². The lowest BCUT2D eigenvalue weighted by Gasteiger charge is -2.38. The molecule has 570 valence electrons. The summed E-state index contributed by atoms with van der Waals surface area (Å²) in [6, 6.07) is 11.4. The Hall–Kier alpha value is -9.70. The molecule has 0 saturated carbocycles. The third kappa shape index (κ3) is 16.9. The van der Waals surface area contributed by atoms with Gasteiger partial charge in [-0.1, -0.05) is 31.2 Å². The molecular weight excluding hydrogens is 1390 g/mol. The highest BCUT2D eigenvalue weighted by molar-refractivity contribution is 6.07. The molecular formula is C69H85N7O29. The number of unbranched alkanes of at least 4 members (excludes halogenated alkanes) is 2. The van der Waals surface area contributed by atoms with Gasteiger partial charge in [0.1, 0.15) is 61.3 Å². The smallest absolute Gasteiger partial charge is 0.416 e. The highest BCUT2D eigenvalue weighted by Crippen LogP contribution is 2.45. The molecule has 4 saturated heterocycles. The van der Waals surface area contributed by atoms with Gasteiger partial charge in [0.15, 0.2) is 47.7 Å². The van der Waals surface area contributed by atoms with Gasteiger partial charge in [-0.2, -0.15) is 0 Å². The summed E-state index contributed by atoms with van der Waals surface area (Å²) in [5.74, 6) is -6.19. The third-order valence-electron chi connectivity index (χ3n) is 18.5. The molecule has 15 atom stereocenters. The van der Waals surface area contributed by atoms with Crippen molar-refractivity contribution in [2.45, 2.75) is 145 Å². The van der Waals surface area contributed by atoms with Crippen molar-refractivity contribution in [2.24, 2.45) is 11.7 Å². The minimum Gasteiger partial charge on any atom is -0.493 e. The Morgan fingerprint density at radius 3 is 1.49 bits per heavy atom. The number of carboxylic acids is 2. The van der Waals surface area contributed by atoms with Crippen molar-refractivity contribution in [1.82, 2.24) is 20.4 Å². The van der Waals surface area contributed by atoms with Crippen molar-refractivity contribution in [2.75, 3.05) is 83.7 Å². The number of carboxylic acid groups (broad SMARTS) is 2. The molecule has 0 aromatic heterocycles. The van der Waals surface area contributed by atoms with Gasteiger partial charge in [0.25, 0.3) is 23.6 Å². The second kappa shape index (κ2) is 34.0. The molecule has 105 heavy (non-hydrogen) atoms. The highest BCUT2D eigenvalue weighted by Gasteiger charge is 2.52. The molecule has 6 aliphatic rings. The van der Waals surface area contributed by atoms with Crippen LogP contribution in [-0.4, -0.2) is 268 Å². The maximum absolute atomic E-state index is 14.6. The topological polar surface area (TPSA) is 503 Å². The van der Waals surface area contributed by atoms with Gasteiger partial charge in [-0.05, 0) is 98.5 Å². The molecule has 36 nitrogen and oxygen atoms in total. The van der Waals surface area contributed by atoms with E-state index in [-0.39, 0.29) is 144 Å². The van der Waals surface area contributed by atoms with Crippen LogP contribution in [-0.2, 0) is 46.5 Å². The van der Waals surface area contributed by atoms with E-state index in [4.69, 9.17) is 57.8 Å². The van der Waals surface area contributed by atoms with Crippen molar-refractivity contribution >= 4 is 59.1 Å². The number of nitrogens with one attached hydrogen (secondary N) is 2. The van der Waals surface area contributed by atoms with Crippen LogP contribution in [0.2, 0.25) is 0 Å². The molecule has 10 rings (SSSR count). The number of aliphatic carboxylic acids is 2. The number of hydrogen-bond donors (Lipinski definition) is 13. The maximum atomic E-state index is 14.6. The lowest BCUT2D eigenvalue weighted by molar-refractivity contribution is -0.271. The molecule has 6 heterocycles. The van der Waals surface area contributed by atoms with Crippen molar-refractivity contribution < 1.29 is 142 Å². The van der Waals surface area contributed by atoms with Crippen LogP contribution in [0.3, 0.4) is 0 Å². The van der Waals surface area contributed by atoms with Gasteiger partial charge in [-0.25, -0.2) is 29.0 Å². The Labute approximate surface area is 599 Å². The van der Waals surface area contributed by atoms with E-state index in [1.165, 1.54) is 91.8 Å². The van der Waals surface area contributed by atoms with Gasteiger partial charge in [-0.15, -0.1) is 0 Å². The number of aliphatic hydroxyl groups excluding tert-OH is 8. The maximum Gasteiger partial charge on any atom is 0.416 e. The number of methoxy groups -OCH3 is 3. The van der Waals surface area contributed by atoms with Crippen LogP contribution in [0.4, 0.5) is 21.0 Å². The van der Waals surface area contributed by atoms with E-state index in [1.807, 2.05) is 6.92 Å². The Morgan fingerprint density at radius 1 is 0.562 bits per heavy atom. The van der Waals surface area contributed by atoms with Crippen LogP contribution in [0.15, 0.2) is 72.8 Å². The number of rotatable bonds is 28. The van der Waals surface area contributed by atoms with Gasteiger partial charge >= 0.3 is 24.1 Å². The van der Waals surface area contributed by atoms with Gasteiger partial charge in [-0.3, -0.25) is 19.2 Å². The van der Waals surface area contributed by atoms with Crippen LogP contribution in [0.25, 0.3) is 0 Å². The fraction of sp³-hybridized carbons (Fsp3) is 0.507. The Kier molecular flexibility index (Phi) is 25.3. The molecule has 0 bridgehead atoms. The molecule has 4 fully saturated rings. The minimum atomic E-state index is -2.03. The molecule has 0 spiro atoms. The van der Waals surface area contributed by atoms with Gasteiger partial charge < -0.3 is 129 Å². The molecule has 6 amide bonds. The second-order valence-corrected chi connectivity index (χ2v) is 25.8. The van der Waals surface area contributed by atoms with Crippen LogP contribution >= 0.6 is 0 Å². The summed E-state index contributed by atoms with van der Waals surface area (Å²) in [5, 5.41) is 111. The quantitative estimate of drug-likeness (QED) is 0.0261. The standard InChI is InChI=1S/C69H85N7O29/c1-32-20-42-62(87)75(68(93)100-30-34-10-12-44(38(22-34)58(83)71-15-9-14-70)102-66-54(81)50(77)52(79)56(104-66)64(89)90)40-26-48(46(96-4)24-36(40)60(85)73(42)28-32)98-17-7-6-8-18-99-49-27-41-37(25-47(49)97-5)61(86)74-29-33(2)21-43(74)63(88)76(41)69(94)101-31-35-11-13-45(39(23-35)59(84)72-16-19-95-3)103-67-55(82)51(78)53(80)57(105-67)65(91)92/h10-13,22-27,33,42-43,50-57,62-63,66-67,77-82,87-88H,1,6-9,14-21,28-31,70H2,2-5H3,(H,71,83)(H,72,84)(H,89,90)(H,91,92)/t33?,42-,43-,50-,51-,52-,53-,54+,55+,56-,57-,62?,63?,66+,67+/m0/s1. The monoisotopic (exact) mass is 1480 g/mol. The number of fused-ring (bicyclic) bond motifs is 4. The lowest BCUT2D eigenvalue weighted by Crippen LogP contribution is -2.61. The second-order valence-electron chi connectivity index (χ2n) is 25.8. The van der Waals surface area contributed by atoms with Crippen LogP contribution in [0, 0.1) is 5.92 Å². The van der Waals surface area contributed by atoms with E-state index in [2.05, 4.69) is 17.2 Å². The first-order chi connectivity index (χ1) is 50.2. The zero-order valence-corrected chi connectivity index (χ0v) is 57.5. The van der Waals surface area contributed by atoms with Gasteiger partial charge in [0.2, 0.25) is 12.6 Å². The summed E-state index contributed by atoms with van der Waals surface area (Å²) in [6.45, 7) is 5.59. The first-order valence-corrected chi connectivity index (χ1v) is 33.7. The number of nitrogens with zero attached hydrogens (tertiary/aromatic N) is 4. The third-order valence-corrected chi connectivity index (χ3v) is 18.5.